The van der Waals surface area contributed by atoms with E-state index in [1.165, 1.54) is 0 Å². The Kier molecular flexibility index (Phi) is 4.05. The first-order valence-electron chi connectivity index (χ1n) is 9.36. The Hall–Kier alpha value is -3.26. The van der Waals surface area contributed by atoms with Gasteiger partial charge < -0.3 is 10.0 Å². The van der Waals surface area contributed by atoms with E-state index in [0.29, 0.717) is 5.92 Å². The molecule has 3 aromatic heterocycles. The van der Waals surface area contributed by atoms with Gasteiger partial charge in [-0.2, -0.15) is 10.2 Å². The lowest BCUT2D eigenvalue weighted by Gasteiger charge is -2.17. The van der Waals surface area contributed by atoms with E-state index in [4.69, 9.17) is 0 Å². The van der Waals surface area contributed by atoms with Crippen LogP contribution < -0.4 is 4.90 Å². The number of aromatic amines is 1. The van der Waals surface area contributed by atoms with E-state index in [9.17, 15) is 5.11 Å². The number of aliphatic hydroxyl groups excluding tert-OH is 1. The van der Waals surface area contributed by atoms with Crippen molar-refractivity contribution in [3.05, 3.63) is 43.0 Å². The number of fused-ring (bicyclic) bond motifs is 1. The highest BCUT2D eigenvalue weighted by atomic mass is 16.3. The summed E-state index contributed by atoms with van der Waals surface area (Å²) in [5, 5.41) is 22.3. The number of rotatable bonds is 4. The van der Waals surface area contributed by atoms with Crippen LogP contribution in [0.2, 0.25) is 0 Å². The molecule has 8 heteroatoms. The van der Waals surface area contributed by atoms with Gasteiger partial charge in [-0.05, 0) is 24.1 Å². The summed E-state index contributed by atoms with van der Waals surface area (Å²) < 4.78 is 1.79. The molecule has 8 nitrogen and oxygen atoms in total. The smallest absolute Gasteiger partial charge is 0.132 e. The van der Waals surface area contributed by atoms with Crippen LogP contribution in [-0.2, 0) is 7.05 Å². The first kappa shape index (κ1) is 16.9. The molecule has 0 bridgehead atoms. The van der Waals surface area contributed by atoms with Crippen LogP contribution in [0.25, 0.3) is 33.4 Å². The Morgan fingerprint density at radius 3 is 2.93 bits per heavy atom. The zero-order valence-corrected chi connectivity index (χ0v) is 15.6. The Morgan fingerprint density at radius 1 is 1.21 bits per heavy atom. The largest absolute Gasteiger partial charge is 0.396 e. The molecule has 2 N–H and O–H groups in total. The third kappa shape index (κ3) is 2.91. The Morgan fingerprint density at radius 2 is 2.14 bits per heavy atom. The fourth-order valence-corrected chi connectivity index (χ4v) is 3.80. The van der Waals surface area contributed by atoms with E-state index in [-0.39, 0.29) is 6.61 Å². The third-order valence-electron chi connectivity index (χ3n) is 5.36. The van der Waals surface area contributed by atoms with Gasteiger partial charge in [0.2, 0.25) is 0 Å². The molecule has 142 valence electrons. The van der Waals surface area contributed by atoms with E-state index in [1.807, 2.05) is 31.6 Å². The molecule has 28 heavy (non-hydrogen) atoms. The molecule has 1 fully saturated rings. The lowest BCUT2D eigenvalue weighted by molar-refractivity contribution is 0.238. The van der Waals surface area contributed by atoms with Crippen molar-refractivity contribution >= 4 is 16.7 Å². The standard InChI is InChI=1S/C20H21N7O/c1-26-10-15(8-23-26)14-2-3-17-16(6-14)20(25-24-17)18-7-19(22-12-21-18)27-5-4-13(9-27)11-28/h2-3,6-8,10,12-13,28H,4-5,9,11H2,1H3,(H,24,25)/t13-/m1/s1. The van der Waals surface area contributed by atoms with Crippen molar-refractivity contribution in [2.24, 2.45) is 13.0 Å². The van der Waals surface area contributed by atoms with Crippen LogP contribution in [0.1, 0.15) is 6.42 Å². The minimum absolute atomic E-state index is 0.218. The van der Waals surface area contributed by atoms with E-state index in [0.717, 1.165) is 58.7 Å². The molecular formula is C20H21N7O. The van der Waals surface area contributed by atoms with Crippen LogP contribution in [0.15, 0.2) is 43.0 Å². The number of H-pyrrole nitrogens is 1. The van der Waals surface area contributed by atoms with Crippen LogP contribution in [0.4, 0.5) is 5.82 Å². The highest BCUT2D eigenvalue weighted by Gasteiger charge is 2.23. The van der Waals surface area contributed by atoms with Crippen LogP contribution in [0.3, 0.4) is 0 Å². The van der Waals surface area contributed by atoms with E-state index in [2.05, 4.69) is 42.3 Å². The van der Waals surface area contributed by atoms with Gasteiger partial charge in [-0.15, -0.1) is 0 Å². The quantitative estimate of drug-likeness (QED) is 0.568. The van der Waals surface area contributed by atoms with Gasteiger partial charge >= 0.3 is 0 Å². The lowest BCUT2D eigenvalue weighted by Crippen LogP contribution is -2.21. The Labute approximate surface area is 161 Å². The average molecular weight is 375 g/mol. The summed E-state index contributed by atoms with van der Waals surface area (Å²) in [7, 11) is 1.91. The summed E-state index contributed by atoms with van der Waals surface area (Å²) in [5.74, 6) is 1.19. The third-order valence-corrected chi connectivity index (χ3v) is 5.36. The van der Waals surface area contributed by atoms with Gasteiger partial charge in [0.15, 0.2) is 0 Å². The molecule has 1 aromatic carbocycles. The second kappa shape index (κ2) is 6.72. The maximum Gasteiger partial charge on any atom is 0.132 e. The van der Waals surface area contributed by atoms with Crippen molar-refractivity contribution < 1.29 is 5.11 Å². The molecule has 0 amide bonds. The van der Waals surface area contributed by atoms with Crippen molar-refractivity contribution in [3.63, 3.8) is 0 Å². The van der Waals surface area contributed by atoms with Crippen molar-refractivity contribution in [2.75, 3.05) is 24.6 Å². The number of hydrogen-bond acceptors (Lipinski definition) is 6. The summed E-state index contributed by atoms with van der Waals surface area (Å²) in [6.45, 7) is 1.93. The van der Waals surface area contributed by atoms with Gasteiger partial charge in [0.1, 0.15) is 17.8 Å². The van der Waals surface area contributed by atoms with Crippen LogP contribution in [-0.4, -0.2) is 54.7 Å². The normalized spacial score (nSPS) is 16.9. The van der Waals surface area contributed by atoms with E-state index in [1.54, 1.807) is 11.0 Å². The van der Waals surface area contributed by atoms with E-state index >= 15 is 0 Å². The minimum atomic E-state index is 0.218. The molecule has 4 heterocycles. The number of nitrogens with zero attached hydrogens (tertiary/aromatic N) is 6. The zero-order valence-electron chi connectivity index (χ0n) is 15.6. The fourth-order valence-electron chi connectivity index (χ4n) is 3.80. The first-order chi connectivity index (χ1) is 13.7. The highest BCUT2D eigenvalue weighted by molar-refractivity contribution is 5.95. The Balaban J connectivity index is 1.53. The van der Waals surface area contributed by atoms with Gasteiger partial charge in [0.05, 0.1) is 17.4 Å². The summed E-state index contributed by atoms with van der Waals surface area (Å²) >= 11 is 0. The lowest BCUT2D eigenvalue weighted by atomic mass is 10.1. The molecule has 1 atom stereocenters. The highest BCUT2D eigenvalue weighted by Crippen LogP contribution is 2.31. The molecule has 0 radical (unpaired) electrons. The molecule has 0 saturated carbocycles. The molecule has 1 aliphatic rings. The predicted molar refractivity (Wildman–Crippen MR) is 107 cm³/mol. The zero-order chi connectivity index (χ0) is 19.1. The van der Waals surface area contributed by atoms with Gasteiger partial charge in [-0.25, -0.2) is 9.97 Å². The van der Waals surface area contributed by atoms with Crippen LogP contribution in [0.5, 0.6) is 0 Å². The number of benzene rings is 1. The average Bonchev–Trinajstić information content (AvgIpc) is 3.46. The molecule has 0 spiro atoms. The molecule has 1 aliphatic heterocycles. The molecule has 1 saturated heterocycles. The minimum Gasteiger partial charge on any atom is -0.396 e. The first-order valence-corrected chi connectivity index (χ1v) is 9.36. The predicted octanol–water partition coefficient (Wildman–Crippen LogP) is 2.24. The van der Waals surface area contributed by atoms with Gasteiger partial charge in [-0.3, -0.25) is 9.78 Å². The molecular weight excluding hydrogens is 354 g/mol. The summed E-state index contributed by atoms with van der Waals surface area (Å²) in [6, 6.07) is 8.19. The number of aromatic nitrogens is 6. The maximum atomic E-state index is 9.40. The van der Waals surface area contributed by atoms with Crippen molar-refractivity contribution in [1.82, 2.24) is 29.9 Å². The number of hydrogen-bond donors (Lipinski definition) is 2. The summed E-state index contributed by atoms with van der Waals surface area (Å²) in [6.07, 6.45) is 6.42. The van der Waals surface area contributed by atoms with Gasteiger partial charge in [0.25, 0.3) is 0 Å². The Bertz CT molecular complexity index is 1130. The van der Waals surface area contributed by atoms with Crippen LogP contribution in [0, 0.1) is 5.92 Å². The van der Waals surface area contributed by atoms with Crippen molar-refractivity contribution in [2.45, 2.75) is 6.42 Å². The maximum absolute atomic E-state index is 9.40. The number of aliphatic hydroxyl groups is 1. The SMILES string of the molecule is Cn1cc(-c2ccc3[nH]nc(-c4cc(N5CC[C@@H](CO)C5)ncn4)c3c2)cn1. The molecule has 5 rings (SSSR count). The second-order valence-corrected chi connectivity index (χ2v) is 7.28. The van der Waals surface area contributed by atoms with Crippen molar-refractivity contribution in [1.29, 1.82) is 0 Å². The summed E-state index contributed by atoms with van der Waals surface area (Å²) in [5.41, 5.74) is 4.70. The molecule has 4 aromatic rings. The topological polar surface area (TPSA) is 95.8 Å². The van der Waals surface area contributed by atoms with Crippen LogP contribution >= 0.6 is 0 Å². The van der Waals surface area contributed by atoms with Gasteiger partial charge in [0, 0.05) is 55.9 Å². The second-order valence-electron chi connectivity index (χ2n) is 7.28. The molecule has 0 unspecified atom stereocenters. The van der Waals surface area contributed by atoms with Crippen molar-refractivity contribution in [3.8, 4) is 22.5 Å². The summed E-state index contributed by atoms with van der Waals surface area (Å²) in [4.78, 5) is 11.1. The number of nitrogens with one attached hydrogen (secondary N) is 1. The number of aryl methyl sites for hydroxylation is 1. The number of anilines is 1. The molecule has 0 aliphatic carbocycles. The fraction of sp³-hybridized carbons (Fsp3) is 0.300. The van der Waals surface area contributed by atoms with Gasteiger partial charge in [-0.1, -0.05) is 6.07 Å². The van der Waals surface area contributed by atoms with E-state index < -0.39 is 0 Å². The monoisotopic (exact) mass is 375 g/mol.